The summed E-state index contributed by atoms with van der Waals surface area (Å²) in [5.74, 6) is 1.06. The molecule has 0 saturated carbocycles. The first-order chi connectivity index (χ1) is 14.9. The van der Waals surface area contributed by atoms with Crippen molar-refractivity contribution in [3.05, 3.63) is 86.6 Å². The Balaban J connectivity index is 1.97. The van der Waals surface area contributed by atoms with E-state index in [1.54, 1.807) is 6.07 Å². The molecule has 0 saturated heterocycles. The SMILES string of the molecule is C=C1OCc2c(cc3n(c2=O)CC(=C(\CC)c2cc(O)ccc2C)/C3=C/CC)C1CC. The first-order valence-electron chi connectivity index (χ1n) is 11.2. The Labute approximate surface area is 184 Å². The summed E-state index contributed by atoms with van der Waals surface area (Å²) in [4.78, 5) is 13.5. The molecule has 0 spiro atoms. The van der Waals surface area contributed by atoms with Crippen molar-refractivity contribution in [3.8, 4) is 5.75 Å². The molecule has 1 unspecified atom stereocenters. The third kappa shape index (κ3) is 3.44. The highest BCUT2D eigenvalue weighted by Gasteiger charge is 2.32. The van der Waals surface area contributed by atoms with Crippen molar-refractivity contribution >= 4 is 11.1 Å². The summed E-state index contributed by atoms with van der Waals surface area (Å²) in [5, 5.41) is 10.1. The molecule has 1 N–H and O–H groups in total. The Morgan fingerprint density at radius 2 is 2.06 bits per heavy atom. The normalized spacial score (nSPS) is 20.5. The van der Waals surface area contributed by atoms with Crippen molar-refractivity contribution < 1.29 is 9.84 Å². The van der Waals surface area contributed by atoms with Gasteiger partial charge in [0.05, 0.1) is 23.6 Å². The largest absolute Gasteiger partial charge is 0.508 e. The Morgan fingerprint density at radius 3 is 2.74 bits per heavy atom. The predicted molar refractivity (Wildman–Crippen MR) is 126 cm³/mol. The van der Waals surface area contributed by atoms with Gasteiger partial charge in [-0.15, -0.1) is 0 Å². The average Bonchev–Trinajstić information content (AvgIpc) is 3.10. The molecule has 1 atom stereocenters. The lowest BCUT2D eigenvalue weighted by atomic mass is 9.87. The van der Waals surface area contributed by atoms with Gasteiger partial charge in [-0.2, -0.15) is 0 Å². The van der Waals surface area contributed by atoms with Crippen molar-refractivity contribution in [1.29, 1.82) is 0 Å². The van der Waals surface area contributed by atoms with Crippen LogP contribution in [-0.2, 0) is 17.9 Å². The maximum Gasteiger partial charge on any atom is 0.258 e. The van der Waals surface area contributed by atoms with Crippen molar-refractivity contribution in [2.24, 2.45) is 0 Å². The average molecular weight is 418 g/mol. The van der Waals surface area contributed by atoms with Gasteiger partial charge in [0, 0.05) is 5.92 Å². The number of aromatic hydroxyl groups is 1. The van der Waals surface area contributed by atoms with Crippen molar-refractivity contribution in [2.75, 3.05) is 0 Å². The van der Waals surface area contributed by atoms with Crippen LogP contribution in [0.5, 0.6) is 5.75 Å². The number of aromatic nitrogens is 1. The number of phenolic OH excluding ortho intramolecular Hbond substituents is 1. The van der Waals surface area contributed by atoms with Gasteiger partial charge in [-0.05, 0) is 77.8 Å². The minimum absolute atomic E-state index is 0.0403. The van der Waals surface area contributed by atoms with Gasteiger partial charge >= 0.3 is 0 Å². The lowest BCUT2D eigenvalue weighted by Crippen LogP contribution is -2.29. The van der Waals surface area contributed by atoms with Crippen LogP contribution in [-0.4, -0.2) is 9.67 Å². The summed E-state index contributed by atoms with van der Waals surface area (Å²) in [5.41, 5.74) is 8.50. The van der Waals surface area contributed by atoms with E-state index in [1.165, 1.54) is 11.1 Å². The molecule has 2 aromatic rings. The van der Waals surface area contributed by atoms with Gasteiger partial charge < -0.3 is 14.4 Å². The van der Waals surface area contributed by atoms with Crippen LogP contribution in [0.3, 0.4) is 0 Å². The molecule has 4 nitrogen and oxygen atoms in total. The zero-order chi connectivity index (χ0) is 22.3. The Hall–Kier alpha value is -3.01. The third-order valence-corrected chi connectivity index (χ3v) is 6.60. The minimum atomic E-state index is 0.0403. The van der Waals surface area contributed by atoms with Gasteiger partial charge in [-0.25, -0.2) is 0 Å². The van der Waals surface area contributed by atoms with Gasteiger partial charge in [-0.1, -0.05) is 39.5 Å². The maximum absolute atomic E-state index is 13.5. The van der Waals surface area contributed by atoms with E-state index in [-0.39, 0.29) is 17.2 Å². The number of ether oxygens (including phenoxy) is 1. The van der Waals surface area contributed by atoms with E-state index in [4.69, 9.17) is 4.74 Å². The molecule has 0 amide bonds. The fourth-order valence-electron chi connectivity index (χ4n) is 5.02. The third-order valence-electron chi connectivity index (χ3n) is 6.60. The van der Waals surface area contributed by atoms with Crippen molar-refractivity contribution in [3.63, 3.8) is 0 Å². The Kier molecular flexibility index (Phi) is 5.65. The van der Waals surface area contributed by atoms with Gasteiger partial charge in [-0.3, -0.25) is 4.79 Å². The van der Waals surface area contributed by atoms with Gasteiger partial charge in [0.2, 0.25) is 0 Å². The molecule has 162 valence electrons. The summed E-state index contributed by atoms with van der Waals surface area (Å²) >= 11 is 0. The molecule has 0 aliphatic carbocycles. The monoisotopic (exact) mass is 417 g/mol. The first kappa shape index (κ1) is 21.2. The van der Waals surface area contributed by atoms with Crippen LogP contribution in [0.4, 0.5) is 0 Å². The Morgan fingerprint density at radius 1 is 1.29 bits per heavy atom. The fourth-order valence-corrected chi connectivity index (χ4v) is 5.02. The van der Waals surface area contributed by atoms with E-state index in [9.17, 15) is 9.90 Å². The highest BCUT2D eigenvalue weighted by atomic mass is 16.5. The zero-order valence-corrected chi connectivity index (χ0v) is 18.9. The molecule has 2 aliphatic heterocycles. The summed E-state index contributed by atoms with van der Waals surface area (Å²) in [6.45, 7) is 13.3. The highest BCUT2D eigenvalue weighted by Crippen LogP contribution is 2.42. The molecule has 1 aromatic heterocycles. The number of hydrogen-bond acceptors (Lipinski definition) is 3. The number of hydrogen-bond donors (Lipinski definition) is 1. The molecule has 0 bridgehead atoms. The second-order valence-electron chi connectivity index (χ2n) is 8.41. The zero-order valence-electron chi connectivity index (χ0n) is 18.9. The topological polar surface area (TPSA) is 51.5 Å². The number of nitrogens with zero attached hydrogens (tertiary/aromatic N) is 1. The molecular formula is C27H31NO3. The number of allylic oxidation sites excluding steroid dienone is 5. The van der Waals surface area contributed by atoms with Crippen molar-refractivity contribution in [1.82, 2.24) is 4.57 Å². The number of pyridine rings is 1. The van der Waals surface area contributed by atoms with Crippen LogP contribution in [0.2, 0.25) is 0 Å². The molecule has 0 radical (unpaired) electrons. The number of fused-ring (bicyclic) bond motifs is 2. The number of rotatable bonds is 4. The van der Waals surface area contributed by atoms with Gasteiger partial charge in [0.1, 0.15) is 12.4 Å². The molecule has 1 aromatic carbocycles. The highest BCUT2D eigenvalue weighted by molar-refractivity contribution is 5.91. The summed E-state index contributed by atoms with van der Waals surface area (Å²) in [7, 11) is 0. The second-order valence-corrected chi connectivity index (χ2v) is 8.41. The van der Waals surface area contributed by atoms with Gasteiger partial charge in [0.25, 0.3) is 5.56 Å². The fraction of sp³-hybridized carbons (Fsp3) is 0.370. The van der Waals surface area contributed by atoms with E-state index >= 15 is 0 Å². The molecule has 0 fully saturated rings. The number of aryl methyl sites for hydroxylation is 1. The minimum Gasteiger partial charge on any atom is -0.508 e. The quantitative estimate of drug-likeness (QED) is 0.657. The van der Waals surface area contributed by atoms with E-state index in [0.29, 0.717) is 13.2 Å². The van der Waals surface area contributed by atoms with Gasteiger partial charge in [0.15, 0.2) is 0 Å². The molecule has 3 heterocycles. The smallest absolute Gasteiger partial charge is 0.258 e. The van der Waals surface area contributed by atoms with E-state index < -0.39 is 0 Å². The second kappa shape index (κ2) is 8.26. The van der Waals surface area contributed by atoms with Crippen LogP contribution in [0, 0.1) is 6.92 Å². The molecular weight excluding hydrogens is 386 g/mol. The maximum atomic E-state index is 13.5. The molecule has 4 heteroatoms. The lowest BCUT2D eigenvalue weighted by molar-refractivity contribution is 0.162. The predicted octanol–water partition coefficient (Wildman–Crippen LogP) is 6.07. The molecule has 2 aliphatic rings. The Bertz CT molecular complexity index is 1180. The summed E-state index contributed by atoms with van der Waals surface area (Å²) < 4.78 is 7.65. The van der Waals surface area contributed by atoms with Crippen LogP contribution in [0.15, 0.2) is 53.0 Å². The van der Waals surface area contributed by atoms with Crippen LogP contribution in [0.25, 0.3) is 11.1 Å². The number of benzene rings is 1. The van der Waals surface area contributed by atoms with Crippen LogP contribution in [0.1, 0.15) is 73.9 Å². The lowest BCUT2D eigenvalue weighted by Gasteiger charge is -2.27. The van der Waals surface area contributed by atoms with E-state index in [0.717, 1.165) is 58.5 Å². The molecule has 4 rings (SSSR count). The summed E-state index contributed by atoms with van der Waals surface area (Å²) in [6, 6.07) is 7.70. The standard InChI is InChI=1S/C27H31NO3/c1-6-9-21-24(20(8-3)22-12-18(29)11-10-16(22)4)14-28-26(21)13-23-19(7-2)17(5)31-15-25(23)27(28)30/h9-13,19,29H,5-8,14-15H2,1-4H3/b21-9-,24-20-. The summed E-state index contributed by atoms with van der Waals surface area (Å²) in [6.07, 6.45) is 4.78. The van der Waals surface area contributed by atoms with Crippen LogP contribution < -0.4 is 5.56 Å². The molecule has 31 heavy (non-hydrogen) atoms. The van der Waals surface area contributed by atoms with E-state index in [1.807, 2.05) is 16.7 Å². The van der Waals surface area contributed by atoms with E-state index in [2.05, 4.69) is 46.4 Å². The van der Waals surface area contributed by atoms with Crippen molar-refractivity contribution in [2.45, 2.75) is 66.0 Å². The first-order valence-corrected chi connectivity index (χ1v) is 11.2. The number of phenols is 1. The van der Waals surface area contributed by atoms with Crippen LogP contribution >= 0.6 is 0 Å².